The molecule has 0 saturated heterocycles. The van der Waals surface area contributed by atoms with Gasteiger partial charge in [-0.2, -0.15) is 0 Å². The predicted molar refractivity (Wildman–Crippen MR) is 133 cm³/mol. The summed E-state index contributed by atoms with van der Waals surface area (Å²) in [4.78, 5) is 0. The first kappa shape index (κ1) is 20.9. The lowest BCUT2D eigenvalue weighted by Crippen LogP contribution is -1.96. The van der Waals surface area contributed by atoms with E-state index in [0.717, 1.165) is 37.1 Å². The molecule has 0 bridgehead atoms. The Bertz CT molecular complexity index is 1020. The van der Waals surface area contributed by atoms with Gasteiger partial charge in [0.15, 0.2) is 0 Å². The summed E-state index contributed by atoms with van der Waals surface area (Å²) in [5.74, 6) is 0. The minimum Gasteiger partial charge on any atom is -0.356 e. The molecule has 0 aromatic heterocycles. The van der Waals surface area contributed by atoms with Crippen LogP contribution in [-0.2, 0) is 25.7 Å². The molecule has 0 saturated carbocycles. The van der Waals surface area contributed by atoms with Crippen molar-refractivity contribution in [1.82, 2.24) is 0 Å². The molecule has 1 nitrogen and oxygen atoms in total. The van der Waals surface area contributed by atoms with Crippen molar-refractivity contribution in [2.45, 2.75) is 39.5 Å². The van der Waals surface area contributed by atoms with Gasteiger partial charge >= 0.3 is 0 Å². The highest BCUT2D eigenvalue weighted by Gasteiger charge is 2.04. The zero-order valence-electron chi connectivity index (χ0n) is 18.6. The third kappa shape index (κ3) is 5.44. The largest absolute Gasteiger partial charge is 0.356 e. The first-order valence-corrected chi connectivity index (χ1v) is 11.3. The molecular weight excluding hydrogens is 374 g/mol. The summed E-state index contributed by atoms with van der Waals surface area (Å²) in [6, 6.07) is 35.1. The van der Waals surface area contributed by atoms with Crippen molar-refractivity contribution in [2.24, 2.45) is 0 Å². The van der Waals surface area contributed by atoms with Crippen LogP contribution in [0.4, 0.5) is 11.4 Å². The molecule has 31 heavy (non-hydrogen) atoms. The van der Waals surface area contributed by atoms with Gasteiger partial charge in [0.25, 0.3) is 0 Å². The van der Waals surface area contributed by atoms with Gasteiger partial charge < -0.3 is 5.32 Å². The Balaban J connectivity index is 1.39. The van der Waals surface area contributed by atoms with Gasteiger partial charge in [0.1, 0.15) is 0 Å². The Morgan fingerprint density at radius 1 is 0.452 bits per heavy atom. The van der Waals surface area contributed by atoms with Gasteiger partial charge in [0.05, 0.1) is 0 Å². The van der Waals surface area contributed by atoms with Crippen LogP contribution in [0, 0.1) is 0 Å². The fourth-order valence-corrected chi connectivity index (χ4v) is 4.17. The molecule has 0 aliphatic rings. The number of benzene rings is 4. The molecule has 0 aliphatic carbocycles. The van der Waals surface area contributed by atoms with Gasteiger partial charge in [-0.15, -0.1) is 0 Å². The Morgan fingerprint density at radius 3 is 1.16 bits per heavy atom. The van der Waals surface area contributed by atoms with Crippen LogP contribution in [0.5, 0.6) is 0 Å². The zero-order chi connectivity index (χ0) is 21.5. The molecule has 4 rings (SSSR count). The highest BCUT2D eigenvalue weighted by molar-refractivity contribution is 5.60. The quantitative estimate of drug-likeness (QED) is 0.316. The van der Waals surface area contributed by atoms with Crippen LogP contribution in [0.15, 0.2) is 97.1 Å². The van der Waals surface area contributed by atoms with E-state index in [1.165, 1.54) is 33.4 Å². The van der Waals surface area contributed by atoms with Crippen molar-refractivity contribution in [3.8, 4) is 0 Å². The molecule has 0 fully saturated rings. The standard InChI is InChI=1S/C30H31N/c1-3-25-9-5-7-11-27(25)21-23-13-17-29(18-14-23)31-30-19-15-24(16-20-30)22-28-12-8-6-10-26(28)4-2/h5-20,31H,3-4,21-22H2,1-2H3. The molecule has 0 spiro atoms. The minimum atomic E-state index is 0.984. The van der Waals surface area contributed by atoms with Crippen LogP contribution >= 0.6 is 0 Å². The number of rotatable bonds is 8. The average molecular weight is 406 g/mol. The van der Waals surface area contributed by atoms with Crippen LogP contribution in [0.2, 0.25) is 0 Å². The highest BCUT2D eigenvalue weighted by Crippen LogP contribution is 2.22. The Labute approximate surface area is 186 Å². The van der Waals surface area contributed by atoms with Gasteiger partial charge in [-0.1, -0.05) is 86.6 Å². The van der Waals surface area contributed by atoms with Crippen LogP contribution < -0.4 is 5.32 Å². The number of aryl methyl sites for hydroxylation is 2. The smallest absolute Gasteiger partial charge is 0.0384 e. The van der Waals surface area contributed by atoms with Gasteiger partial charge in [-0.3, -0.25) is 0 Å². The molecule has 4 aromatic rings. The van der Waals surface area contributed by atoms with E-state index in [1.54, 1.807) is 0 Å². The summed E-state index contributed by atoms with van der Waals surface area (Å²) in [5, 5.41) is 3.53. The maximum absolute atomic E-state index is 3.53. The van der Waals surface area contributed by atoms with Gasteiger partial charge in [-0.25, -0.2) is 0 Å². The van der Waals surface area contributed by atoms with Crippen molar-refractivity contribution >= 4 is 11.4 Å². The Morgan fingerprint density at radius 2 is 0.806 bits per heavy atom. The van der Waals surface area contributed by atoms with Crippen molar-refractivity contribution in [2.75, 3.05) is 5.32 Å². The summed E-state index contributed by atoms with van der Waals surface area (Å²) in [6.07, 6.45) is 4.13. The van der Waals surface area contributed by atoms with E-state index < -0.39 is 0 Å². The first-order valence-electron chi connectivity index (χ1n) is 11.3. The summed E-state index contributed by atoms with van der Waals surface area (Å²) in [5.41, 5.74) is 10.6. The summed E-state index contributed by atoms with van der Waals surface area (Å²) in [6.45, 7) is 4.44. The average Bonchev–Trinajstić information content (AvgIpc) is 2.82. The summed E-state index contributed by atoms with van der Waals surface area (Å²) < 4.78 is 0. The molecule has 0 atom stereocenters. The van der Waals surface area contributed by atoms with Gasteiger partial charge in [-0.05, 0) is 83.3 Å². The van der Waals surface area contributed by atoms with E-state index in [-0.39, 0.29) is 0 Å². The van der Waals surface area contributed by atoms with Crippen molar-refractivity contribution in [1.29, 1.82) is 0 Å². The molecule has 1 N–H and O–H groups in total. The second-order valence-corrected chi connectivity index (χ2v) is 8.12. The first-order chi connectivity index (χ1) is 15.2. The fraction of sp³-hybridized carbons (Fsp3) is 0.200. The van der Waals surface area contributed by atoms with E-state index in [4.69, 9.17) is 0 Å². The lowest BCUT2D eigenvalue weighted by atomic mass is 9.98. The van der Waals surface area contributed by atoms with E-state index in [9.17, 15) is 0 Å². The third-order valence-corrected chi connectivity index (χ3v) is 5.98. The molecule has 0 unspecified atom stereocenters. The second-order valence-electron chi connectivity index (χ2n) is 8.12. The van der Waals surface area contributed by atoms with E-state index >= 15 is 0 Å². The Hall–Kier alpha value is -3.32. The molecule has 1 heteroatoms. The van der Waals surface area contributed by atoms with Gasteiger partial charge in [0, 0.05) is 11.4 Å². The van der Waals surface area contributed by atoms with Crippen molar-refractivity contribution < 1.29 is 0 Å². The Kier molecular flexibility index (Phi) is 6.84. The number of nitrogens with one attached hydrogen (secondary N) is 1. The predicted octanol–water partition coefficient (Wildman–Crippen LogP) is 7.74. The van der Waals surface area contributed by atoms with Crippen molar-refractivity contribution in [3.63, 3.8) is 0 Å². The van der Waals surface area contributed by atoms with Crippen LogP contribution in [0.25, 0.3) is 0 Å². The minimum absolute atomic E-state index is 0.984. The lowest BCUT2D eigenvalue weighted by molar-refractivity contribution is 1.06. The topological polar surface area (TPSA) is 12.0 Å². The molecular formula is C30H31N. The SMILES string of the molecule is CCc1ccccc1Cc1ccc(Nc2ccc(Cc3ccccc3CC)cc2)cc1. The second kappa shape index (κ2) is 10.1. The zero-order valence-corrected chi connectivity index (χ0v) is 18.6. The summed E-state index contributed by atoms with van der Waals surface area (Å²) in [7, 11) is 0. The molecule has 156 valence electrons. The molecule has 4 aromatic carbocycles. The summed E-state index contributed by atoms with van der Waals surface area (Å²) >= 11 is 0. The van der Waals surface area contributed by atoms with Crippen molar-refractivity contribution in [3.05, 3.63) is 130 Å². The molecule has 0 radical (unpaired) electrons. The highest BCUT2D eigenvalue weighted by atomic mass is 14.9. The van der Waals surface area contributed by atoms with E-state index in [1.807, 2.05) is 0 Å². The van der Waals surface area contributed by atoms with Crippen LogP contribution in [0.1, 0.15) is 47.2 Å². The molecule has 0 heterocycles. The number of hydrogen-bond donors (Lipinski definition) is 1. The maximum atomic E-state index is 3.53. The maximum Gasteiger partial charge on any atom is 0.0384 e. The van der Waals surface area contributed by atoms with Crippen LogP contribution in [0.3, 0.4) is 0 Å². The number of anilines is 2. The number of hydrogen-bond acceptors (Lipinski definition) is 1. The molecule has 0 amide bonds. The van der Waals surface area contributed by atoms with E-state index in [0.29, 0.717) is 0 Å². The fourth-order valence-electron chi connectivity index (χ4n) is 4.17. The normalized spacial score (nSPS) is 10.8. The van der Waals surface area contributed by atoms with Crippen LogP contribution in [-0.4, -0.2) is 0 Å². The van der Waals surface area contributed by atoms with E-state index in [2.05, 4.69) is 116 Å². The third-order valence-electron chi connectivity index (χ3n) is 5.98. The monoisotopic (exact) mass is 405 g/mol. The molecule has 0 aliphatic heterocycles. The van der Waals surface area contributed by atoms with Gasteiger partial charge in [0.2, 0.25) is 0 Å². The lowest BCUT2D eigenvalue weighted by Gasteiger charge is -2.11.